The molecule has 3 nitrogen and oxygen atoms in total. The van der Waals surface area contributed by atoms with Crippen LogP contribution in [0.25, 0.3) is 0 Å². The minimum atomic E-state index is -0.299. The van der Waals surface area contributed by atoms with Crippen LogP contribution in [0, 0.1) is 5.92 Å². The van der Waals surface area contributed by atoms with Crippen molar-refractivity contribution >= 4 is 0 Å². The first-order valence-electron chi connectivity index (χ1n) is 4.79. The molecule has 72 valence electrons. The zero-order valence-electron chi connectivity index (χ0n) is 7.74. The van der Waals surface area contributed by atoms with Crippen LogP contribution in [0.3, 0.4) is 0 Å². The zero-order chi connectivity index (χ0) is 8.97. The largest absolute Gasteiger partial charge is 0.396 e. The lowest BCUT2D eigenvalue weighted by Crippen LogP contribution is -2.24. The first-order chi connectivity index (χ1) is 5.77. The Bertz CT molecular complexity index is 130. The molecular formula is C9H19NO2. The van der Waals surface area contributed by atoms with Crippen molar-refractivity contribution in [2.24, 2.45) is 5.92 Å². The highest BCUT2D eigenvalue weighted by atomic mass is 16.3. The third kappa shape index (κ3) is 2.44. The van der Waals surface area contributed by atoms with E-state index in [4.69, 9.17) is 5.11 Å². The highest BCUT2D eigenvalue weighted by molar-refractivity contribution is 4.75. The molecule has 0 spiro atoms. The van der Waals surface area contributed by atoms with Crippen molar-refractivity contribution < 1.29 is 10.2 Å². The van der Waals surface area contributed by atoms with Gasteiger partial charge in [-0.1, -0.05) is 6.92 Å². The molecule has 1 heterocycles. The van der Waals surface area contributed by atoms with E-state index in [1.165, 1.54) is 0 Å². The molecule has 0 aromatic heterocycles. The molecule has 2 N–H and O–H groups in total. The first-order valence-corrected chi connectivity index (χ1v) is 4.79. The quantitative estimate of drug-likeness (QED) is 0.621. The van der Waals surface area contributed by atoms with Gasteiger partial charge in [-0.15, -0.1) is 0 Å². The van der Waals surface area contributed by atoms with Crippen molar-refractivity contribution in [3.63, 3.8) is 0 Å². The van der Waals surface area contributed by atoms with Crippen LogP contribution in [0.4, 0.5) is 0 Å². The van der Waals surface area contributed by atoms with E-state index in [9.17, 15) is 5.11 Å². The summed E-state index contributed by atoms with van der Waals surface area (Å²) in [7, 11) is 0. The Morgan fingerprint density at radius 1 is 1.33 bits per heavy atom. The first kappa shape index (κ1) is 9.96. The van der Waals surface area contributed by atoms with Crippen molar-refractivity contribution in [3.8, 4) is 0 Å². The maximum atomic E-state index is 9.58. The molecule has 1 saturated heterocycles. The van der Waals surface area contributed by atoms with Crippen LogP contribution in [0.2, 0.25) is 0 Å². The zero-order valence-corrected chi connectivity index (χ0v) is 7.74. The van der Waals surface area contributed by atoms with Crippen LogP contribution in [0.1, 0.15) is 19.8 Å². The van der Waals surface area contributed by atoms with Gasteiger partial charge in [0, 0.05) is 19.1 Å². The Balaban J connectivity index is 2.41. The molecule has 12 heavy (non-hydrogen) atoms. The Hall–Kier alpha value is -0.120. The SMILES string of the molecule is CCN1CC[C@@H](CO)[C@H](O)CC1. The molecule has 0 aromatic rings. The average molecular weight is 173 g/mol. The van der Waals surface area contributed by atoms with Gasteiger partial charge in [-0.25, -0.2) is 0 Å². The summed E-state index contributed by atoms with van der Waals surface area (Å²) in [5.74, 6) is 0.0987. The van der Waals surface area contributed by atoms with Crippen molar-refractivity contribution in [1.29, 1.82) is 0 Å². The lowest BCUT2D eigenvalue weighted by Gasteiger charge is -2.16. The Morgan fingerprint density at radius 3 is 2.58 bits per heavy atom. The molecular weight excluding hydrogens is 154 g/mol. The second kappa shape index (κ2) is 4.80. The van der Waals surface area contributed by atoms with Gasteiger partial charge in [-0.2, -0.15) is 0 Å². The van der Waals surface area contributed by atoms with Crippen LogP contribution < -0.4 is 0 Å². The van der Waals surface area contributed by atoms with Gasteiger partial charge >= 0.3 is 0 Å². The van der Waals surface area contributed by atoms with Gasteiger partial charge in [0.15, 0.2) is 0 Å². The van der Waals surface area contributed by atoms with E-state index in [1.807, 2.05) is 0 Å². The number of hydrogen-bond acceptors (Lipinski definition) is 3. The van der Waals surface area contributed by atoms with Crippen molar-refractivity contribution in [2.75, 3.05) is 26.2 Å². The van der Waals surface area contributed by atoms with Gasteiger partial charge in [-0.3, -0.25) is 0 Å². The second-order valence-corrected chi connectivity index (χ2v) is 3.52. The maximum Gasteiger partial charge on any atom is 0.0602 e. The molecule has 1 fully saturated rings. The molecule has 1 aliphatic heterocycles. The average Bonchev–Trinajstić information content (AvgIpc) is 2.27. The molecule has 0 aromatic carbocycles. The summed E-state index contributed by atoms with van der Waals surface area (Å²) in [6.45, 7) is 5.28. The molecule has 0 amide bonds. The fraction of sp³-hybridized carbons (Fsp3) is 1.00. The third-order valence-electron chi connectivity index (χ3n) is 2.78. The third-order valence-corrected chi connectivity index (χ3v) is 2.78. The molecule has 0 saturated carbocycles. The summed E-state index contributed by atoms with van der Waals surface area (Å²) in [5.41, 5.74) is 0. The number of aliphatic hydroxyl groups excluding tert-OH is 2. The van der Waals surface area contributed by atoms with Crippen LogP contribution in [-0.4, -0.2) is 47.5 Å². The molecule has 1 aliphatic rings. The smallest absolute Gasteiger partial charge is 0.0602 e. The summed E-state index contributed by atoms with van der Waals surface area (Å²) < 4.78 is 0. The van der Waals surface area contributed by atoms with Gasteiger partial charge in [0.1, 0.15) is 0 Å². The van der Waals surface area contributed by atoms with Crippen molar-refractivity contribution in [1.82, 2.24) is 4.90 Å². The summed E-state index contributed by atoms with van der Waals surface area (Å²) >= 11 is 0. The number of rotatable bonds is 2. The van der Waals surface area contributed by atoms with Crippen LogP contribution in [0.15, 0.2) is 0 Å². The Kier molecular flexibility index (Phi) is 3.98. The van der Waals surface area contributed by atoms with E-state index in [0.717, 1.165) is 32.5 Å². The predicted octanol–water partition coefficient (Wildman–Crippen LogP) is 0.0715. The summed E-state index contributed by atoms with van der Waals surface area (Å²) in [6.07, 6.45) is 1.43. The Morgan fingerprint density at radius 2 is 2.00 bits per heavy atom. The summed E-state index contributed by atoms with van der Waals surface area (Å²) in [6, 6.07) is 0. The maximum absolute atomic E-state index is 9.58. The standard InChI is InChI=1S/C9H19NO2/c1-2-10-5-3-8(7-11)9(12)4-6-10/h8-9,11-12H,2-7H2,1H3/t8-,9+/m0/s1. The van der Waals surface area contributed by atoms with Crippen LogP contribution in [-0.2, 0) is 0 Å². The molecule has 0 aliphatic carbocycles. The summed E-state index contributed by atoms with van der Waals surface area (Å²) in [4.78, 5) is 2.32. The van der Waals surface area contributed by atoms with Gasteiger partial charge in [0.2, 0.25) is 0 Å². The van der Waals surface area contributed by atoms with E-state index in [2.05, 4.69) is 11.8 Å². The Labute approximate surface area is 74.0 Å². The lowest BCUT2D eigenvalue weighted by molar-refractivity contribution is 0.0654. The molecule has 0 bridgehead atoms. The fourth-order valence-electron chi connectivity index (χ4n) is 1.73. The van der Waals surface area contributed by atoms with Gasteiger partial charge in [0.25, 0.3) is 0 Å². The van der Waals surface area contributed by atoms with E-state index < -0.39 is 0 Å². The number of hydrogen-bond donors (Lipinski definition) is 2. The normalized spacial score (nSPS) is 33.2. The minimum absolute atomic E-state index is 0.0987. The van der Waals surface area contributed by atoms with E-state index in [-0.39, 0.29) is 18.6 Å². The fourth-order valence-corrected chi connectivity index (χ4v) is 1.73. The summed E-state index contributed by atoms with van der Waals surface area (Å²) in [5, 5.41) is 18.5. The topological polar surface area (TPSA) is 43.7 Å². The molecule has 2 atom stereocenters. The van der Waals surface area contributed by atoms with E-state index >= 15 is 0 Å². The minimum Gasteiger partial charge on any atom is -0.396 e. The van der Waals surface area contributed by atoms with Crippen molar-refractivity contribution in [2.45, 2.75) is 25.9 Å². The molecule has 3 heteroatoms. The number of nitrogens with zero attached hydrogens (tertiary/aromatic N) is 1. The number of likely N-dealkylation sites (tertiary alicyclic amines) is 1. The van der Waals surface area contributed by atoms with Crippen LogP contribution in [0.5, 0.6) is 0 Å². The van der Waals surface area contributed by atoms with Crippen LogP contribution >= 0.6 is 0 Å². The van der Waals surface area contributed by atoms with Gasteiger partial charge < -0.3 is 15.1 Å². The molecule has 1 rings (SSSR count). The second-order valence-electron chi connectivity index (χ2n) is 3.52. The monoisotopic (exact) mass is 173 g/mol. The van der Waals surface area contributed by atoms with E-state index in [0.29, 0.717) is 0 Å². The molecule has 0 unspecified atom stereocenters. The lowest BCUT2D eigenvalue weighted by atomic mass is 9.99. The molecule has 0 radical (unpaired) electrons. The van der Waals surface area contributed by atoms with Gasteiger partial charge in [-0.05, 0) is 25.9 Å². The van der Waals surface area contributed by atoms with E-state index in [1.54, 1.807) is 0 Å². The highest BCUT2D eigenvalue weighted by Gasteiger charge is 2.22. The highest BCUT2D eigenvalue weighted by Crippen LogP contribution is 2.17. The van der Waals surface area contributed by atoms with Gasteiger partial charge in [0.05, 0.1) is 6.10 Å². The van der Waals surface area contributed by atoms with Crippen molar-refractivity contribution in [3.05, 3.63) is 0 Å². The number of aliphatic hydroxyl groups is 2. The predicted molar refractivity (Wildman–Crippen MR) is 47.9 cm³/mol.